The van der Waals surface area contributed by atoms with Gasteiger partial charge in [0.2, 0.25) is 5.91 Å². The number of anilines is 2. The quantitative estimate of drug-likeness (QED) is 0.455. The molecule has 1 aliphatic heterocycles. The first-order valence-electron chi connectivity index (χ1n) is 9.75. The average Bonchev–Trinajstić information content (AvgIpc) is 3.34. The summed E-state index contributed by atoms with van der Waals surface area (Å²) in [7, 11) is 0. The van der Waals surface area contributed by atoms with Crippen molar-refractivity contribution in [1.29, 1.82) is 0 Å². The van der Waals surface area contributed by atoms with E-state index < -0.39 is 5.92 Å². The van der Waals surface area contributed by atoms with Crippen LogP contribution in [-0.4, -0.2) is 28.7 Å². The second-order valence-corrected chi connectivity index (χ2v) is 9.96. The minimum absolute atomic E-state index is 0.0176. The Morgan fingerprint density at radius 2 is 1.77 bits per heavy atom. The van der Waals surface area contributed by atoms with Crippen molar-refractivity contribution in [3.05, 3.63) is 58.6 Å². The normalized spacial score (nSPS) is 30.8. The number of hydrogen-bond donors (Lipinski definition) is 2. The zero-order valence-electron chi connectivity index (χ0n) is 15.7. The zero-order chi connectivity index (χ0) is 21.0. The third kappa shape index (κ3) is 3.26. The summed E-state index contributed by atoms with van der Waals surface area (Å²) in [6.07, 6.45) is 0.715. The van der Waals surface area contributed by atoms with Crippen LogP contribution in [0.1, 0.15) is 16.8 Å². The van der Waals surface area contributed by atoms with Gasteiger partial charge in [-0.2, -0.15) is 0 Å². The van der Waals surface area contributed by atoms with Gasteiger partial charge in [0.1, 0.15) is 6.10 Å². The number of carbonyl (C=O) groups excluding carboxylic acids is 3. The fourth-order valence-corrected chi connectivity index (χ4v) is 6.34. The van der Waals surface area contributed by atoms with Crippen molar-refractivity contribution >= 4 is 61.0 Å². The van der Waals surface area contributed by atoms with E-state index in [1.54, 1.807) is 36.4 Å². The first-order chi connectivity index (χ1) is 14.4. The third-order valence-corrected chi connectivity index (χ3v) is 8.05. The number of benzene rings is 2. The van der Waals surface area contributed by atoms with Crippen LogP contribution >= 0.6 is 31.9 Å². The predicted molar refractivity (Wildman–Crippen MR) is 118 cm³/mol. The van der Waals surface area contributed by atoms with E-state index in [1.165, 1.54) is 0 Å². The summed E-state index contributed by atoms with van der Waals surface area (Å²) in [5, 5.41) is 5.74. The third-order valence-electron chi connectivity index (χ3n) is 6.32. The number of fused-ring (bicyclic) bond motifs is 1. The Morgan fingerprint density at radius 3 is 2.53 bits per heavy atom. The number of rotatable bonds is 4. The van der Waals surface area contributed by atoms with Crippen LogP contribution in [0.4, 0.5) is 11.4 Å². The molecule has 2 aromatic rings. The lowest BCUT2D eigenvalue weighted by Gasteiger charge is -2.27. The van der Waals surface area contributed by atoms with Gasteiger partial charge in [0.25, 0.3) is 5.91 Å². The molecule has 2 N–H and O–H groups in total. The van der Waals surface area contributed by atoms with Crippen molar-refractivity contribution in [2.24, 2.45) is 23.7 Å². The van der Waals surface area contributed by atoms with Crippen LogP contribution in [0.5, 0.6) is 0 Å². The van der Waals surface area contributed by atoms with Gasteiger partial charge in [-0.3, -0.25) is 14.4 Å². The van der Waals surface area contributed by atoms with Gasteiger partial charge < -0.3 is 15.4 Å². The fraction of sp³-hybridized carbons (Fsp3) is 0.318. The lowest BCUT2D eigenvalue weighted by Crippen LogP contribution is -2.40. The molecular formula is C22H18Br2N2O4. The molecule has 2 amide bonds. The molecule has 6 nitrogen and oxygen atoms in total. The number of halogens is 2. The first-order valence-corrected chi connectivity index (χ1v) is 11.5. The summed E-state index contributed by atoms with van der Waals surface area (Å²) < 4.78 is 6.40. The molecule has 2 saturated carbocycles. The highest BCUT2D eigenvalue weighted by atomic mass is 79.9. The van der Waals surface area contributed by atoms with E-state index in [2.05, 4.69) is 42.5 Å². The van der Waals surface area contributed by atoms with Gasteiger partial charge in [0, 0.05) is 27.3 Å². The Bertz CT molecular complexity index is 1040. The molecule has 2 aliphatic carbocycles. The van der Waals surface area contributed by atoms with E-state index in [-0.39, 0.29) is 46.5 Å². The molecule has 2 bridgehead atoms. The Balaban J connectivity index is 1.30. The van der Waals surface area contributed by atoms with Gasteiger partial charge in [-0.05, 0) is 54.8 Å². The van der Waals surface area contributed by atoms with Crippen LogP contribution in [0.2, 0.25) is 0 Å². The number of alkyl halides is 1. The standard InChI is InChI=1S/C22H18Br2N2O4/c23-11-4-6-12(7-5-11)25-20(27)10-2-1-3-13(8-10)26-21(28)16-14-9-15-17(16)22(29)30-19(15)18(14)24/h1-8,14-19H,9H2,(H,25,27)(H,26,28)/t14-,15-,16-,17-,18-,19+/m1/s1. The summed E-state index contributed by atoms with van der Waals surface area (Å²) in [6.45, 7) is 0. The molecule has 30 heavy (non-hydrogen) atoms. The molecule has 0 spiro atoms. The fourth-order valence-electron chi connectivity index (χ4n) is 5.03. The summed E-state index contributed by atoms with van der Waals surface area (Å²) in [4.78, 5) is 37.9. The molecule has 0 aromatic heterocycles. The van der Waals surface area contributed by atoms with Gasteiger partial charge in [-0.25, -0.2) is 0 Å². The molecule has 0 unspecified atom stereocenters. The summed E-state index contributed by atoms with van der Waals surface area (Å²) in [6, 6.07) is 14.1. The van der Waals surface area contributed by atoms with Crippen molar-refractivity contribution in [2.75, 3.05) is 10.6 Å². The van der Waals surface area contributed by atoms with Crippen molar-refractivity contribution in [3.8, 4) is 0 Å². The van der Waals surface area contributed by atoms with Gasteiger partial charge in [0.05, 0.1) is 16.7 Å². The topological polar surface area (TPSA) is 84.5 Å². The molecule has 8 heteroatoms. The smallest absolute Gasteiger partial charge is 0.310 e. The number of esters is 1. The molecule has 154 valence electrons. The molecule has 2 aromatic carbocycles. The zero-order valence-corrected chi connectivity index (χ0v) is 18.9. The van der Waals surface area contributed by atoms with E-state index in [1.807, 2.05) is 12.1 Å². The van der Waals surface area contributed by atoms with Crippen LogP contribution in [-0.2, 0) is 14.3 Å². The molecule has 5 rings (SSSR count). The Morgan fingerprint density at radius 1 is 1.00 bits per heavy atom. The molecule has 1 saturated heterocycles. The number of hydrogen-bond acceptors (Lipinski definition) is 4. The number of amides is 2. The van der Waals surface area contributed by atoms with Crippen molar-refractivity contribution in [1.82, 2.24) is 0 Å². The van der Waals surface area contributed by atoms with E-state index in [0.29, 0.717) is 16.9 Å². The maximum absolute atomic E-state index is 13.0. The van der Waals surface area contributed by atoms with Crippen molar-refractivity contribution < 1.29 is 19.1 Å². The number of carbonyl (C=O) groups is 3. The first kappa shape index (κ1) is 19.8. The maximum atomic E-state index is 13.0. The van der Waals surface area contributed by atoms with Crippen LogP contribution in [0.25, 0.3) is 0 Å². The molecule has 6 atom stereocenters. The molecule has 1 heterocycles. The molecule has 3 fully saturated rings. The number of nitrogens with one attached hydrogen (secondary N) is 2. The second-order valence-electron chi connectivity index (χ2n) is 7.99. The van der Waals surface area contributed by atoms with Crippen molar-refractivity contribution in [3.63, 3.8) is 0 Å². The Hall–Kier alpha value is -2.19. The summed E-state index contributed by atoms with van der Waals surface area (Å²) in [5.41, 5.74) is 1.64. The van der Waals surface area contributed by atoms with Gasteiger partial charge in [0.15, 0.2) is 0 Å². The highest BCUT2D eigenvalue weighted by molar-refractivity contribution is 9.10. The Labute approximate surface area is 190 Å². The van der Waals surface area contributed by atoms with E-state index >= 15 is 0 Å². The minimum atomic E-state index is -0.411. The molecule has 3 aliphatic rings. The highest BCUT2D eigenvalue weighted by Crippen LogP contribution is 2.60. The van der Waals surface area contributed by atoms with Gasteiger partial charge in [-0.15, -0.1) is 0 Å². The van der Waals surface area contributed by atoms with Crippen LogP contribution in [0.15, 0.2) is 53.0 Å². The maximum Gasteiger partial charge on any atom is 0.310 e. The highest BCUT2D eigenvalue weighted by Gasteiger charge is 2.67. The lowest BCUT2D eigenvalue weighted by molar-refractivity contribution is -0.145. The van der Waals surface area contributed by atoms with Gasteiger partial charge in [-0.1, -0.05) is 37.9 Å². The number of ether oxygens (including phenoxy) is 1. The minimum Gasteiger partial charge on any atom is -0.461 e. The Kier molecular flexibility index (Phi) is 4.94. The largest absolute Gasteiger partial charge is 0.461 e. The van der Waals surface area contributed by atoms with Crippen LogP contribution in [0, 0.1) is 23.7 Å². The SMILES string of the molecule is O=C(Nc1ccc(Br)cc1)c1cccc(NC(=O)[C@@H]2[C@H]3C[C@H]4[C@H](OC(=O)[C@H]42)[C@@H]3Br)c1. The van der Waals surface area contributed by atoms with Crippen LogP contribution in [0.3, 0.4) is 0 Å². The summed E-state index contributed by atoms with van der Waals surface area (Å²) in [5.74, 6) is -1.30. The monoisotopic (exact) mass is 532 g/mol. The lowest BCUT2D eigenvalue weighted by atomic mass is 9.79. The van der Waals surface area contributed by atoms with E-state index in [4.69, 9.17) is 4.74 Å². The van der Waals surface area contributed by atoms with E-state index in [0.717, 1.165) is 10.9 Å². The van der Waals surface area contributed by atoms with E-state index in [9.17, 15) is 14.4 Å². The second kappa shape index (κ2) is 7.50. The predicted octanol–water partition coefficient (Wildman–Crippen LogP) is 4.21. The molecular weight excluding hydrogens is 516 g/mol. The summed E-state index contributed by atoms with van der Waals surface area (Å²) >= 11 is 6.99. The molecule has 0 radical (unpaired) electrons. The average molecular weight is 534 g/mol. The van der Waals surface area contributed by atoms with Crippen LogP contribution < -0.4 is 10.6 Å². The van der Waals surface area contributed by atoms with Crippen molar-refractivity contribution in [2.45, 2.75) is 17.4 Å². The van der Waals surface area contributed by atoms with Gasteiger partial charge >= 0.3 is 5.97 Å².